The Morgan fingerprint density at radius 1 is 1.38 bits per heavy atom. The maximum atomic E-state index is 10.5. The van der Waals surface area contributed by atoms with Crippen LogP contribution in [0, 0.1) is 5.92 Å². The third-order valence-electron chi connectivity index (χ3n) is 4.83. The summed E-state index contributed by atoms with van der Waals surface area (Å²) in [5, 5.41) is 18.3. The first-order valence-corrected chi connectivity index (χ1v) is 9.84. The molecule has 3 N–H and O–H groups in total. The molecule has 144 valence electrons. The number of likely N-dealkylation sites (tertiary alicyclic amines) is 1. The van der Waals surface area contributed by atoms with Crippen LogP contribution in [-0.2, 0) is 0 Å². The highest BCUT2D eigenvalue weighted by molar-refractivity contribution is 14.0. The first kappa shape index (κ1) is 21.4. The number of hydrogen-bond donors (Lipinski definition) is 3. The second kappa shape index (κ2) is 10.4. The Hall–Kier alpha value is -0.900. The summed E-state index contributed by atoms with van der Waals surface area (Å²) in [5.74, 6) is 1.43. The topological polar surface area (TPSA) is 59.9 Å². The Morgan fingerprint density at radius 3 is 2.88 bits per heavy atom. The number of thiophene rings is 1. The summed E-state index contributed by atoms with van der Waals surface area (Å²) in [6, 6.07) is 10.3. The minimum atomic E-state index is -0.530. The number of aliphatic hydroxyl groups is 1. The summed E-state index contributed by atoms with van der Waals surface area (Å²) in [6.45, 7) is 7.08. The molecule has 1 saturated heterocycles. The van der Waals surface area contributed by atoms with E-state index in [0.717, 1.165) is 30.5 Å². The molecule has 0 radical (unpaired) electrons. The quantitative estimate of drug-likeness (QED) is 0.333. The lowest BCUT2D eigenvalue weighted by atomic mass is 10.1. The van der Waals surface area contributed by atoms with Crippen LogP contribution in [-0.4, -0.2) is 55.7 Å². The van der Waals surface area contributed by atoms with E-state index >= 15 is 0 Å². The van der Waals surface area contributed by atoms with E-state index in [-0.39, 0.29) is 24.0 Å². The molecule has 0 aliphatic carbocycles. The second-order valence-electron chi connectivity index (χ2n) is 6.58. The van der Waals surface area contributed by atoms with Crippen molar-refractivity contribution < 1.29 is 5.11 Å². The predicted molar refractivity (Wildman–Crippen MR) is 122 cm³/mol. The Balaban J connectivity index is 0.00000243. The van der Waals surface area contributed by atoms with Gasteiger partial charge in [0.25, 0.3) is 0 Å². The lowest BCUT2D eigenvalue weighted by molar-refractivity contribution is 0.184. The zero-order valence-electron chi connectivity index (χ0n) is 15.4. The van der Waals surface area contributed by atoms with Gasteiger partial charge < -0.3 is 20.6 Å². The molecule has 5 nitrogen and oxygen atoms in total. The van der Waals surface area contributed by atoms with Crippen molar-refractivity contribution >= 4 is 51.4 Å². The molecule has 1 aliphatic heterocycles. The molecular weight excluding hydrogens is 459 g/mol. The van der Waals surface area contributed by atoms with Gasteiger partial charge in [-0.2, -0.15) is 0 Å². The van der Waals surface area contributed by atoms with Gasteiger partial charge in [0, 0.05) is 36.3 Å². The van der Waals surface area contributed by atoms with Crippen LogP contribution >= 0.6 is 35.3 Å². The number of halogens is 1. The van der Waals surface area contributed by atoms with Gasteiger partial charge in [-0.1, -0.05) is 25.1 Å². The van der Waals surface area contributed by atoms with Crippen molar-refractivity contribution in [2.24, 2.45) is 10.9 Å². The molecule has 0 saturated carbocycles. The highest BCUT2D eigenvalue weighted by Crippen LogP contribution is 2.29. The SMILES string of the molecule is CCN1CCC(CNC(=NC)NCC(O)c2cc3ccccc3s2)C1.I. The lowest BCUT2D eigenvalue weighted by Gasteiger charge is -2.17. The molecule has 1 aromatic heterocycles. The summed E-state index contributed by atoms with van der Waals surface area (Å²) in [6.07, 6.45) is 0.709. The highest BCUT2D eigenvalue weighted by atomic mass is 127. The van der Waals surface area contributed by atoms with E-state index in [2.05, 4.69) is 45.6 Å². The Kier molecular flexibility index (Phi) is 8.59. The number of guanidine groups is 1. The van der Waals surface area contributed by atoms with Crippen LogP contribution in [0.5, 0.6) is 0 Å². The Bertz CT molecular complexity index is 687. The molecule has 0 bridgehead atoms. The number of hydrogen-bond acceptors (Lipinski definition) is 4. The third-order valence-corrected chi connectivity index (χ3v) is 6.05. The number of aliphatic imine (C=N–C) groups is 1. The number of fused-ring (bicyclic) bond motifs is 1. The van der Waals surface area contributed by atoms with E-state index in [1.54, 1.807) is 18.4 Å². The number of benzene rings is 1. The first-order chi connectivity index (χ1) is 12.2. The molecule has 26 heavy (non-hydrogen) atoms. The summed E-state index contributed by atoms with van der Waals surface area (Å²) in [4.78, 5) is 7.73. The molecule has 2 aromatic rings. The average molecular weight is 488 g/mol. The fraction of sp³-hybridized carbons (Fsp3) is 0.526. The second-order valence-corrected chi connectivity index (χ2v) is 7.70. The molecule has 1 fully saturated rings. The zero-order valence-corrected chi connectivity index (χ0v) is 18.6. The molecule has 2 heterocycles. The number of aliphatic hydroxyl groups excluding tert-OH is 1. The standard InChI is InChI=1S/C19H28N4OS.HI/c1-3-23-9-8-14(13-23)11-21-19(20-2)22-12-16(24)18-10-15-6-4-5-7-17(15)25-18;/h4-7,10,14,16,24H,3,8-9,11-13H2,1-2H3,(H2,20,21,22);1H. The summed E-state index contributed by atoms with van der Waals surface area (Å²) >= 11 is 1.65. The molecule has 0 spiro atoms. The van der Waals surface area contributed by atoms with Crippen molar-refractivity contribution in [1.82, 2.24) is 15.5 Å². The minimum absolute atomic E-state index is 0. The summed E-state index contributed by atoms with van der Waals surface area (Å²) in [7, 11) is 1.77. The normalized spacial score (nSPS) is 19.3. The average Bonchev–Trinajstić information content (AvgIpc) is 3.28. The van der Waals surface area contributed by atoms with Crippen molar-refractivity contribution in [3.05, 3.63) is 35.2 Å². The van der Waals surface area contributed by atoms with Crippen molar-refractivity contribution in [2.75, 3.05) is 39.8 Å². The third kappa shape index (κ3) is 5.55. The molecule has 2 atom stereocenters. The van der Waals surface area contributed by atoms with Crippen LogP contribution in [0.25, 0.3) is 10.1 Å². The van der Waals surface area contributed by atoms with Crippen molar-refractivity contribution in [2.45, 2.75) is 19.4 Å². The van der Waals surface area contributed by atoms with E-state index in [9.17, 15) is 5.11 Å². The molecule has 1 aromatic carbocycles. The van der Waals surface area contributed by atoms with Gasteiger partial charge in [0.05, 0.1) is 0 Å². The Labute approximate surface area is 176 Å². The number of rotatable bonds is 6. The van der Waals surface area contributed by atoms with Crippen LogP contribution in [0.2, 0.25) is 0 Å². The van der Waals surface area contributed by atoms with Gasteiger partial charge in [-0.15, -0.1) is 35.3 Å². The largest absolute Gasteiger partial charge is 0.386 e. The van der Waals surface area contributed by atoms with Crippen LogP contribution in [0.1, 0.15) is 24.3 Å². The maximum absolute atomic E-state index is 10.5. The van der Waals surface area contributed by atoms with Gasteiger partial charge in [-0.3, -0.25) is 4.99 Å². The molecule has 2 unspecified atom stereocenters. The molecular formula is C19H29IN4OS. The van der Waals surface area contributed by atoms with Crippen LogP contribution in [0.4, 0.5) is 0 Å². The van der Waals surface area contributed by atoms with Gasteiger partial charge in [0.15, 0.2) is 5.96 Å². The number of nitrogens with zero attached hydrogens (tertiary/aromatic N) is 2. The lowest BCUT2D eigenvalue weighted by Crippen LogP contribution is -2.41. The summed E-state index contributed by atoms with van der Waals surface area (Å²) < 4.78 is 1.21. The van der Waals surface area contributed by atoms with E-state index < -0.39 is 6.10 Å². The monoisotopic (exact) mass is 488 g/mol. The predicted octanol–water partition coefficient (Wildman–Crippen LogP) is 3.06. The van der Waals surface area contributed by atoms with Crippen LogP contribution in [0.3, 0.4) is 0 Å². The molecule has 0 amide bonds. The van der Waals surface area contributed by atoms with Crippen molar-refractivity contribution in [3.8, 4) is 0 Å². The molecule has 1 aliphatic rings. The Morgan fingerprint density at radius 2 is 2.19 bits per heavy atom. The van der Waals surface area contributed by atoms with Gasteiger partial charge in [0.2, 0.25) is 0 Å². The highest BCUT2D eigenvalue weighted by Gasteiger charge is 2.21. The fourth-order valence-corrected chi connectivity index (χ4v) is 4.34. The van der Waals surface area contributed by atoms with Gasteiger partial charge in [-0.25, -0.2) is 0 Å². The van der Waals surface area contributed by atoms with Crippen molar-refractivity contribution in [3.63, 3.8) is 0 Å². The number of nitrogens with one attached hydrogen (secondary N) is 2. The smallest absolute Gasteiger partial charge is 0.191 e. The van der Waals surface area contributed by atoms with Gasteiger partial charge in [-0.05, 0) is 42.9 Å². The van der Waals surface area contributed by atoms with Crippen LogP contribution in [0.15, 0.2) is 35.3 Å². The maximum Gasteiger partial charge on any atom is 0.191 e. The van der Waals surface area contributed by atoms with Gasteiger partial charge in [0.1, 0.15) is 6.10 Å². The molecule has 7 heteroatoms. The van der Waals surface area contributed by atoms with E-state index in [1.165, 1.54) is 23.1 Å². The van der Waals surface area contributed by atoms with Gasteiger partial charge >= 0.3 is 0 Å². The minimum Gasteiger partial charge on any atom is -0.386 e. The first-order valence-electron chi connectivity index (χ1n) is 9.03. The van der Waals surface area contributed by atoms with E-state index in [4.69, 9.17) is 0 Å². The summed E-state index contributed by atoms with van der Waals surface area (Å²) in [5.41, 5.74) is 0. The van der Waals surface area contributed by atoms with Crippen LogP contribution < -0.4 is 10.6 Å². The molecule has 3 rings (SSSR count). The van der Waals surface area contributed by atoms with E-state index in [0.29, 0.717) is 12.5 Å². The zero-order chi connectivity index (χ0) is 17.6. The fourth-order valence-electron chi connectivity index (χ4n) is 3.29. The van der Waals surface area contributed by atoms with E-state index in [1.807, 2.05) is 12.1 Å². The van der Waals surface area contributed by atoms with Crippen molar-refractivity contribution in [1.29, 1.82) is 0 Å².